The van der Waals surface area contributed by atoms with Gasteiger partial charge in [0.15, 0.2) is 0 Å². The Labute approximate surface area is 142 Å². The third kappa shape index (κ3) is 5.06. The van der Waals surface area contributed by atoms with Crippen molar-refractivity contribution in [2.24, 2.45) is 0 Å². The van der Waals surface area contributed by atoms with Crippen LogP contribution in [0.4, 0.5) is 5.69 Å². The number of rotatable bonds is 7. The summed E-state index contributed by atoms with van der Waals surface area (Å²) < 4.78 is 25.4. The minimum Gasteiger partial charge on any atom is -0.352 e. The zero-order chi connectivity index (χ0) is 17.6. The predicted octanol–water partition coefficient (Wildman–Crippen LogP) is 1.86. The van der Waals surface area contributed by atoms with Gasteiger partial charge in [0.25, 0.3) is 0 Å². The first kappa shape index (κ1) is 17.9. The first-order valence-electron chi connectivity index (χ1n) is 7.57. The highest BCUT2D eigenvalue weighted by atomic mass is 32.2. The SMILES string of the molecule is Cc1ccccc1N(CCC(=O)NCc1ccncc1)S(C)(=O)=O. The van der Waals surface area contributed by atoms with Crippen molar-refractivity contribution >= 4 is 21.6 Å². The van der Waals surface area contributed by atoms with E-state index < -0.39 is 10.0 Å². The summed E-state index contributed by atoms with van der Waals surface area (Å²) in [6.07, 6.45) is 4.55. The van der Waals surface area contributed by atoms with E-state index in [9.17, 15) is 13.2 Å². The molecule has 24 heavy (non-hydrogen) atoms. The lowest BCUT2D eigenvalue weighted by molar-refractivity contribution is -0.121. The molecule has 0 bridgehead atoms. The minimum atomic E-state index is -3.46. The Morgan fingerprint density at radius 3 is 2.46 bits per heavy atom. The number of nitrogens with one attached hydrogen (secondary N) is 1. The highest BCUT2D eigenvalue weighted by Gasteiger charge is 2.19. The van der Waals surface area contributed by atoms with E-state index in [1.54, 1.807) is 24.5 Å². The quantitative estimate of drug-likeness (QED) is 0.829. The summed E-state index contributed by atoms with van der Waals surface area (Å²) in [6, 6.07) is 10.8. The molecule has 0 fully saturated rings. The average Bonchev–Trinajstić information content (AvgIpc) is 2.54. The zero-order valence-corrected chi connectivity index (χ0v) is 14.6. The second-order valence-corrected chi connectivity index (χ2v) is 7.41. The number of pyridine rings is 1. The van der Waals surface area contributed by atoms with Crippen molar-refractivity contribution in [2.45, 2.75) is 19.9 Å². The molecule has 0 radical (unpaired) electrons. The molecular weight excluding hydrogens is 326 g/mol. The van der Waals surface area contributed by atoms with Crippen LogP contribution < -0.4 is 9.62 Å². The van der Waals surface area contributed by atoms with Crippen molar-refractivity contribution in [3.63, 3.8) is 0 Å². The van der Waals surface area contributed by atoms with E-state index in [1.807, 2.05) is 31.2 Å². The molecule has 0 spiro atoms. The Balaban J connectivity index is 1.98. The van der Waals surface area contributed by atoms with Crippen LogP contribution in [0, 0.1) is 6.92 Å². The van der Waals surface area contributed by atoms with Crippen LogP contribution >= 0.6 is 0 Å². The van der Waals surface area contributed by atoms with Crippen LogP contribution in [-0.2, 0) is 21.4 Å². The Morgan fingerprint density at radius 1 is 1.17 bits per heavy atom. The molecule has 2 aromatic rings. The monoisotopic (exact) mass is 347 g/mol. The highest BCUT2D eigenvalue weighted by Crippen LogP contribution is 2.22. The van der Waals surface area contributed by atoms with E-state index in [-0.39, 0.29) is 18.9 Å². The van der Waals surface area contributed by atoms with E-state index >= 15 is 0 Å². The zero-order valence-electron chi connectivity index (χ0n) is 13.8. The van der Waals surface area contributed by atoms with Crippen LogP contribution in [0.15, 0.2) is 48.8 Å². The molecule has 1 aromatic heterocycles. The van der Waals surface area contributed by atoms with Gasteiger partial charge in [-0.25, -0.2) is 8.42 Å². The molecule has 1 heterocycles. The topological polar surface area (TPSA) is 79.4 Å². The fourth-order valence-electron chi connectivity index (χ4n) is 2.30. The Bertz CT molecular complexity index is 792. The van der Waals surface area contributed by atoms with Gasteiger partial charge in [0.1, 0.15) is 0 Å². The first-order valence-corrected chi connectivity index (χ1v) is 9.41. The number of benzene rings is 1. The molecule has 0 saturated heterocycles. The summed E-state index contributed by atoms with van der Waals surface area (Å²) in [4.78, 5) is 15.9. The van der Waals surface area contributed by atoms with E-state index in [0.717, 1.165) is 17.4 Å². The average molecular weight is 347 g/mol. The van der Waals surface area contributed by atoms with Gasteiger partial charge in [-0.2, -0.15) is 0 Å². The van der Waals surface area contributed by atoms with Crippen molar-refractivity contribution in [1.82, 2.24) is 10.3 Å². The van der Waals surface area contributed by atoms with Crippen molar-refractivity contribution in [1.29, 1.82) is 0 Å². The van der Waals surface area contributed by atoms with Crippen LogP contribution in [0.1, 0.15) is 17.5 Å². The van der Waals surface area contributed by atoms with Gasteiger partial charge < -0.3 is 5.32 Å². The number of carbonyl (C=O) groups is 1. The molecule has 7 heteroatoms. The molecule has 128 valence electrons. The van der Waals surface area contributed by atoms with Crippen LogP contribution in [0.5, 0.6) is 0 Å². The lowest BCUT2D eigenvalue weighted by Crippen LogP contribution is -2.35. The molecule has 0 atom stereocenters. The maximum absolute atomic E-state index is 12.1. The smallest absolute Gasteiger partial charge is 0.232 e. The molecule has 1 amide bonds. The number of para-hydroxylation sites is 1. The lowest BCUT2D eigenvalue weighted by atomic mass is 10.2. The summed E-state index contributed by atoms with van der Waals surface area (Å²) in [5.74, 6) is -0.200. The number of aryl methyl sites for hydroxylation is 1. The second-order valence-electron chi connectivity index (χ2n) is 5.50. The number of hydrogen-bond donors (Lipinski definition) is 1. The van der Waals surface area contributed by atoms with E-state index in [0.29, 0.717) is 12.2 Å². The number of nitrogens with zero attached hydrogens (tertiary/aromatic N) is 2. The molecule has 0 aliphatic rings. The minimum absolute atomic E-state index is 0.0898. The molecule has 1 aromatic carbocycles. The molecule has 0 aliphatic carbocycles. The van der Waals surface area contributed by atoms with Crippen molar-refractivity contribution in [3.05, 3.63) is 59.9 Å². The van der Waals surface area contributed by atoms with Crippen LogP contribution in [0.3, 0.4) is 0 Å². The summed E-state index contributed by atoms with van der Waals surface area (Å²) in [5.41, 5.74) is 2.39. The maximum Gasteiger partial charge on any atom is 0.232 e. The van der Waals surface area contributed by atoms with E-state index in [2.05, 4.69) is 10.3 Å². The van der Waals surface area contributed by atoms with Crippen molar-refractivity contribution in [2.75, 3.05) is 17.1 Å². The molecule has 0 saturated carbocycles. The van der Waals surface area contributed by atoms with Gasteiger partial charge in [-0.3, -0.25) is 14.1 Å². The number of hydrogen-bond acceptors (Lipinski definition) is 4. The fourth-order valence-corrected chi connectivity index (χ4v) is 3.29. The first-order chi connectivity index (χ1) is 11.4. The number of amides is 1. The largest absolute Gasteiger partial charge is 0.352 e. The van der Waals surface area contributed by atoms with Gasteiger partial charge in [-0.05, 0) is 36.2 Å². The summed E-state index contributed by atoms with van der Waals surface area (Å²) in [7, 11) is -3.46. The van der Waals surface area contributed by atoms with Gasteiger partial charge in [-0.15, -0.1) is 0 Å². The number of sulfonamides is 1. The number of aromatic nitrogens is 1. The van der Waals surface area contributed by atoms with E-state index in [4.69, 9.17) is 0 Å². The number of carbonyl (C=O) groups excluding carboxylic acids is 1. The standard InChI is InChI=1S/C17H21N3O3S/c1-14-5-3-4-6-16(14)20(24(2,22)23)12-9-17(21)19-13-15-7-10-18-11-8-15/h3-8,10-11H,9,12-13H2,1-2H3,(H,19,21). The van der Waals surface area contributed by atoms with Crippen molar-refractivity contribution in [3.8, 4) is 0 Å². The molecule has 0 aliphatic heterocycles. The molecule has 0 unspecified atom stereocenters. The van der Waals surface area contributed by atoms with Gasteiger partial charge >= 0.3 is 0 Å². The third-order valence-electron chi connectivity index (χ3n) is 3.57. The molecule has 1 N–H and O–H groups in total. The normalized spacial score (nSPS) is 11.1. The van der Waals surface area contributed by atoms with Gasteiger partial charge in [0, 0.05) is 31.9 Å². The van der Waals surface area contributed by atoms with Crippen LogP contribution in [0.25, 0.3) is 0 Å². The molecule has 2 rings (SSSR count). The Kier molecular flexibility index (Phi) is 5.92. The Hall–Kier alpha value is -2.41. The summed E-state index contributed by atoms with van der Waals surface area (Å²) in [6.45, 7) is 2.34. The Morgan fingerprint density at radius 2 is 1.83 bits per heavy atom. The van der Waals surface area contributed by atoms with Gasteiger partial charge in [-0.1, -0.05) is 18.2 Å². The van der Waals surface area contributed by atoms with Gasteiger partial charge in [0.2, 0.25) is 15.9 Å². The predicted molar refractivity (Wildman–Crippen MR) is 94.1 cm³/mol. The van der Waals surface area contributed by atoms with Crippen molar-refractivity contribution < 1.29 is 13.2 Å². The highest BCUT2D eigenvalue weighted by molar-refractivity contribution is 7.92. The van der Waals surface area contributed by atoms with E-state index in [1.165, 1.54) is 4.31 Å². The van der Waals surface area contributed by atoms with Crippen LogP contribution in [-0.4, -0.2) is 32.1 Å². The summed E-state index contributed by atoms with van der Waals surface area (Å²) in [5, 5.41) is 2.78. The molecule has 6 nitrogen and oxygen atoms in total. The fraction of sp³-hybridized carbons (Fsp3) is 0.294. The maximum atomic E-state index is 12.1. The third-order valence-corrected chi connectivity index (χ3v) is 4.75. The summed E-state index contributed by atoms with van der Waals surface area (Å²) >= 11 is 0. The second kappa shape index (κ2) is 7.92. The number of anilines is 1. The lowest BCUT2D eigenvalue weighted by Gasteiger charge is -2.23. The van der Waals surface area contributed by atoms with Gasteiger partial charge in [0.05, 0.1) is 11.9 Å². The van der Waals surface area contributed by atoms with Crippen LogP contribution in [0.2, 0.25) is 0 Å². The molecular formula is C17H21N3O3S.